The van der Waals surface area contributed by atoms with Crippen molar-refractivity contribution in [1.29, 1.82) is 0 Å². The molecule has 2 fully saturated rings. The molecule has 0 aliphatic carbocycles. The zero-order valence-corrected chi connectivity index (χ0v) is 15.4. The van der Waals surface area contributed by atoms with E-state index in [1.165, 1.54) is 5.56 Å². The van der Waals surface area contributed by atoms with Gasteiger partial charge in [0, 0.05) is 44.2 Å². The van der Waals surface area contributed by atoms with Gasteiger partial charge in [-0.25, -0.2) is 0 Å². The van der Waals surface area contributed by atoms with Gasteiger partial charge in [0.1, 0.15) is 5.75 Å². The molecule has 2 heterocycles. The highest BCUT2D eigenvalue weighted by atomic mass is 16.5. The van der Waals surface area contributed by atoms with E-state index >= 15 is 0 Å². The highest BCUT2D eigenvalue weighted by Crippen LogP contribution is 2.30. The van der Waals surface area contributed by atoms with Gasteiger partial charge in [0.25, 0.3) is 0 Å². The van der Waals surface area contributed by atoms with Gasteiger partial charge in [0.15, 0.2) is 0 Å². The first-order valence-corrected chi connectivity index (χ1v) is 9.45. The summed E-state index contributed by atoms with van der Waals surface area (Å²) in [5.41, 5.74) is 1.27. The third kappa shape index (κ3) is 4.53. The van der Waals surface area contributed by atoms with E-state index in [9.17, 15) is 4.79 Å². The molecule has 0 spiro atoms. The van der Waals surface area contributed by atoms with Crippen LogP contribution in [0.15, 0.2) is 24.3 Å². The van der Waals surface area contributed by atoms with Gasteiger partial charge in [0.2, 0.25) is 5.91 Å². The van der Waals surface area contributed by atoms with Crippen LogP contribution in [0.25, 0.3) is 0 Å². The summed E-state index contributed by atoms with van der Waals surface area (Å²) in [7, 11) is 1.68. The van der Waals surface area contributed by atoms with Gasteiger partial charge < -0.3 is 19.7 Å². The molecule has 2 aliphatic heterocycles. The Morgan fingerprint density at radius 3 is 2.60 bits per heavy atom. The van der Waals surface area contributed by atoms with Crippen LogP contribution in [0.4, 0.5) is 0 Å². The number of likely N-dealkylation sites (tertiary alicyclic amines) is 1. The smallest absolute Gasteiger partial charge is 0.223 e. The third-order valence-electron chi connectivity index (χ3n) is 5.40. The number of benzene rings is 1. The second kappa shape index (κ2) is 8.68. The lowest BCUT2D eigenvalue weighted by Crippen LogP contribution is -2.44. The summed E-state index contributed by atoms with van der Waals surface area (Å²) in [5, 5.41) is 3.35. The Kier molecular flexibility index (Phi) is 6.32. The molecule has 138 valence electrons. The molecule has 5 heteroatoms. The maximum Gasteiger partial charge on any atom is 0.223 e. The second-order valence-electron chi connectivity index (χ2n) is 7.14. The van der Waals surface area contributed by atoms with Gasteiger partial charge in [0.05, 0.1) is 7.11 Å². The lowest BCUT2D eigenvalue weighted by atomic mass is 9.92. The summed E-state index contributed by atoms with van der Waals surface area (Å²) < 4.78 is 10.7. The maximum atomic E-state index is 12.7. The molecular formula is C20H30N2O3. The molecule has 5 nitrogen and oxygen atoms in total. The van der Waals surface area contributed by atoms with Crippen LogP contribution in [0, 0.1) is 5.92 Å². The first kappa shape index (κ1) is 18.2. The number of nitrogens with zero attached hydrogens (tertiary/aromatic N) is 1. The van der Waals surface area contributed by atoms with Gasteiger partial charge >= 0.3 is 0 Å². The minimum Gasteiger partial charge on any atom is -0.497 e. The molecule has 1 aromatic carbocycles. The van der Waals surface area contributed by atoms with Crippen molar-refractivity contribution in [2.75, 3.05) is 40.0 Å². The number of hydrogen-bond acceptors (Lipinski definition) is 4. The van der Waals surface area contributed by atoms with Gasteiger partial charge in [-0.3, -0.25) is 4.79 Å². The molecule has 0 aromatic heterocycles. The van der Waals surface area contributed by atoms with Crippen LogP contribution in [0.1, 0.15) is 37.7 Å². The molecule has 1 amide bonds. The molecular weight excluding hydrogens is 316 g/mol. The Morgan fingerprint density at radius 2 is 1.96 bits per heavy atom. The van der Waals surface area contributed by atoms with Crippen LogP contribution in [0.3, 0.4) is 0 Å². The van der Waals surface area contributed by atoms with Crippen LogP contribution in [0.2, 0.25) is 0 Å². The Bertz CT molecular complexity index is 555. The molecule has 2 saturated heterocycles. The van der Waals surface area contributed by atoms with Crippen molar-refractivity contribution in [2.24, 2.45) is 5.92 Å². The van der Waals surface area contributed by atoms with Crippen molar-refractivity contribution in [2.45, 2.75) is 38.1 Å². The highest BCUT2D eigenvalue weighted by molar-refractivity contribution is 5.79. The Labute approximate surface area is 150 Å². The average Bonchev–Trinajstić information content (AvgIpc) is 3.05. The van der Waals surface area contributed by atoms with E-state index in [-0.39, 0.29) is 17.9 Å². The first-order chi connectivity index (χ1) is 12.2. The minimum atomic E-state index is 0.102. The highest BCUT2D eigenvalue weighted by Gasteiger charge is 2.35. The van der Waals surface area contributed by atoms with E-state index in [4.69, 9.17) is 9.47 Å². The molecule has 25 heavy (non-hydrogen) atoms. The van der Waals surface area contributed by atoms with Crippen molar-refractivity contribution in [1.82, 2.24) is 10.2 Å². The van der Waals surface area contributed by atoms with Gasteiger partial charge in [-0.05, 0) is 43.5 Å². The Balaban J connectivity index is 1.69. The van der Waals surface area contributed by atoms with Gasteiger partial charge in [-0.15, -0.1) is 0 Å². The van der Waals surface area contributed by atoms with Gasteiger partial charge in [-0.2, -0.15) is 0 Å². The number of rotatable bonds is 6. The van der Waals surface area contributed by atoms with Crippen LogP contribution in [0.5, 0.6) is 5.75 Å². The molecule has 3 rings (SSSR count). The fraction of sp³-hybridized carbons (Fsp3) is 0.650. The molecule has 1 aromatic rings. The lowest BCUT2D eigenvalue weighted by molar-refractivity contribution is -0.128. The predicted octanol–water partition coefficient (Wildman–Crippen LogP) is 2.42. The zero-order chi connectivity index (χ0) is 17.6. The van der Waals surface area contributed by atoms with Crippen LogP contribution in [-0.4, -0.2) is 56.8 Å². The summed E-state index contributed by atoms with van der Waals surface area (Å²) >= 11 is 0. The number of methoxy groups -OCH3 is 1. The van der Waals surface area contributed by atoms with Crippen LogP contribution < -0.4 is 10.1 Å². The van der Waals surface area contributed by atoms with Crippen LogP contribution in [-0.2, 0) is 9.53 Å². The van der Waals surface area contributed by atoms with Crippen molar-refractivity contribution in [3.8, 4) is 5.75 Å². The standard InChI is InChI=1S/C20H30N2O3/c1-3-10-22-13-18(15-4-6-17(24-2)7-5-15)19(14-22)21-20(23)16-8-11-25-12-9-16/h4-7,16,18-19H,3,8-14H2,1-2H3,(H,21,23)/t18-,19+/m1/s1. The Morgan fingerprint density at radius 1 is 1.24 bits per heavy atom. The van der Waals surface area contributed by atoms with E-state index < -0.39 is 0 Å². The molecule has 0 unspecified atom stereocenters. The third-order valence-corrected chi connectivity index (χ3v) is 5.40. The molecule has 0 radical (unpaired) electrons. The topological polar surface area (TPSA) is 50.8 Å². The number of carbonyl (C=O) groups is 1. The largest absolute Gasteiger partial charge is 0.497 e. The van der Waals surface area contributed by atoms with Gasteiger partial charge in [-0.1, -0.05) is 19.1 Å². The Hall–Kier alpha value is -1.59. The fourth-order valence-electron chi connectivity index (χ4n) is 3.98. The van der Waals surface area contributed by atoms with Crippen molar-refractivity contribution in [3.63, 3.8) is 0 Å². The second-order valence-corrected chi connectivity index (χ2v) is 7.14. The first-order valence-electron chi connectivity index (χ1n) is 9.45. The molecule has 1 N–H and O–H groups in total. The van der Waals surface area contributed by atoms with Crippen molar-refractivity contribution >= 4 is 5.91 Å². The summed E-state index contributed by atoms with van der Waals surface area (Å²) in [6, 6.07) is 8.46. The molecule has 0 saturated carbocycles. The van der Waals surface area contributed by atoms with E-state index in [1.54, 1.807) is 7.11 Å². The number of carbonyl (C=O) groups excluding carboxylic acids is 1. The predicted molar refractivity (Wildman–Crippen MR) is 97.9 cm³/mol. The van der Waals surface area contributed by atoms with Crippen LogP contribution >= 0.6 is 0 Å². The normalized spacial score (nSPS) is 25.0. The number of amides is 1. The van der Waals surface area contributed by atoms with E-state index in [2.05, 4.69) is 29.3 Å². The average molecular weight is 346 g/mol. The molecule has 2 atom stereocenters. The zero-order valence-electron chi connectivity index (χ0n) is 15.4. The quantitative estimate of drug-likeness (QED) is 0.859. The van der Waals surface area contributed by atoms with Crippen molar-refractivity contribution in [3.05, 3.63) is 29.8 Å². The maximum absolute atomic E-state index is 12.7. The molecule has 0 bridgehead atoms. The molecule has 2 aliphatic rings. The monoisotopic (exact) mass is 346 g/mol. The minimum absolute atomic E-state index is 0.102. The number of ether oxygens (including phenoxy) is 2. The number of nitrogens with one attached hydrogen (secondary N) is 1. The number of hydrogen-bond donors (Lipinski definition) is 1. The fourth-order valence-corrected chi connectivity index (χ4v) is 3.98. The summed E-state index contributed by atoms with van der Waals surface area (Å²) in [4.78, 5) is 15.2. The van der Waals surface area contributed by atoms with E-state index in [0.717, 1.165) is 44.6 Å². The summed E-state index contributed by atoms with van der Waals surface area (Å²) in [5.74, 6) is 1.51. The summed E-state index contributed by atoms with van der Waals surface area (Å²) in [6.45, 7) is 6.62. The van der Waals surface area contributed by atoms with E-state index in [1.807, 2.05) is 12.1 Å². The van der Waals surface area contributed by atoms with E-state index in [0.29, 0.717) is 19.1 Å². The summed E-state index contributed by atoms with van der Waals surface area (Å²) in [6.07, 6.45) is 2.81. The lowest BCUT2D eigenvalue weighted by Gasteiger charge is -2.26. The van der Waals surface area contributed by atoms with Crippen molar-refractivity contribution < 1.29 is 14.3 Å². The SMILES string of the molecule is CCCN1C[C@H](NC(=O)C2CCOCC2)[C@@H](c2ccc(OC)cc2)C1.